The molecule has 0 unspecified atom stereocenters. The van der Waals surface area contributed by atoms with Gasteiger partial charge in [-0.3, -0.25) is 9.59 Å². The topological polar surface area (TPSA) is 93.4 Å². The van der Waals surface area contributed by atoms with Crippen LogP contribution >= 0.6 is 11.8 Å². The van der Waals surface area contributed by atoms with Gasteiger partial charge in [0.15, 0.2) is 0 Å². The minimum absolute atomic E-state index is 0.0323. The Balaban J connectivity index is 1.96. The highest BCUT2D eigenvalue weighted by atomic mass is 32.2. The molecule has 1 aliphatic rings. The van der Waals surface area contributed by atoms with Crippen LogP contribution in [0.25, 0.3) is 0 Å². The van der Waals surface area contributed by atoms with Crippen molar-refractivity contribution in [3.63, 3.8) is 0 Å². The number of benzene rings is 1. The summed E-state index contributed by atoms with van der Waals surface area (Å²) in [6.45, 7) is 0.703. The van der Waals surface area contributed by atoms with Gasteiger partial charge in [-0.05, 0) is 18.2 Å². The predicted octanol–water partition coefficient (Wildman–Crippen LogP) is 0.645. The van der Waals surface area contributed by atoms with Gasteiger partial charge in [-0.25, -0.2) is 0 Å². The lowest BCUT2D eigenvalue weighted by molar-refractivity contribution is -0.120. The molecule has 1 heterocycles. The fraction of sp³-hybridized carbons (Fsp3) is 0.333. The third kappa shape index (κ3) is 3.95. The van der Waals surface area contributed by atoms with Gasteiger partial charge < -0.3 is 21.1 Å². The summed E-state index contributed by atoms with van der Waals surface area (Å²) in [7, 11) is 0. The quantitative estimate of drug-likeness (QED) is 0.689. The molecule has 2 amide bonds. The molecule has 6 nitrogen and oxygen atoms in total. The number of thioether (sulfide) groups is 1. The van der Waals surface area contributed by atoms with Crippen LogP contribution in [0.15, 0.2) is 23.1 Å². The normalized spacial score (nSPS) is 13.6. The number of carbonyl (C=O) groups is 2. The van der Waals surface area contributed by atoms with Crippen molar-refractivity contribution in [2.75, 3.05) is 36.1 Å². The first-order chi connectivity index (χ1) is 9.19. The molecule has 0 atom stereocenters. The van der Waals surface area contributed by atoms with Gasteiger partial charge >= 0.3 is 0 Å². The van der Waals surface area contributed by atoms with E-state index in [9.17, 15) is 9.59 Å². The maximum Gasteiger partial charge on any atom is 0.250 e. The summed E-state index contributed by atoms with van der Waals surface area (Å²) < 4.78 is 5.04. The van der Waals surface area contributed by atoms with E-state index in [2.05, 4.69) is 10.6 Å². The van der Waals surface area contributed by atoms with Crippen LogP contribution in [0.5, 0.6) is 0 Å². The molecule has 0 aromatic heterocycles. The van der Waals surface area contributed by atoms with Crippen LogP contribution in [0.2, 0.25) is 0 Å². The highest BCUT2D eigenvalue weighted by Gasteiger charge is 2.15. The van der Waals surface area contributed by atoms with Crippen molar-refractivity contribution in [2.45, 2.75) is 4.90 Å². The monoisotopic (exact) mass is 281 g/mol. The minimum atomic E-state index is -0.247. The number of hydrogen-bond acceptors (Lipinski definition) is 5. The molecule has 0 spiro atoms. The van der Waals surface area contributed by atoms with Crippen molar-refractivity contribution in [3.05, 3.63) is 18.2 Å². The molecule has 4 N–H and O–H groups in total. The first-order valence-electron chi connectivity index (χ1n) is 5.83. The second-order valence-electron chi connectivity index (χ2n) is 3.94. The average molecular weight is 281 g/mol. The zero-order valence-electron chi connectivity index (χ0n) is 10.3. The smallest absolute Gasteiger partial charge is 0.250 e. The molecular formula is C12H15N3O3S. The Morgan fingerprint density at radius 3 is 3.16 bits per heavy atom. The van der Waals surface area contributed by atoms with E-state index in [1.807, 2.05) is 6.07 Å². The number of nitrogens with one attached hydrogen (secondary N) is 2. The van der Waals surface area contributed by atoms with E-state index in [4.69, 9.17) is 10.5 Å². The lowest BCUT2D eigenvalue weighted by Crippen LogP contribution is -2.21. The van der Waals surface area contributed by atoms with E-state index in [1.165, 1.54) is 11.8 Å². The molecule has 0 bridgehead atoms. The molecule has 0 aliphatic carbocycles. The summed E-state index contributed by atoms with van der Waals surface area (Å²) in [6, 6.07) is 5.40. The second kappa shape index (κ2) is 6.55. The number of carbonyl (C=O) groups excluding carboxylic acids is 2. The van der Waals surface area contributed by atoms with Gasteiger partial charge in [-0.2, -0.15) is 0 Å². The van der Waals surface area contributed by atoms with Gasteiger partial charge in [0, 0.05) is 17.1 Å². The third-order valence-electron chi connectivity index (χ3n) is 2.39. The summed E-state index contributed by atoms with van der Waals surface area (Å²) in [5.74, 6) is 0.140. The SMILES string of the molecule is NCCOCC(=O)Nc1ccc2c(c1)NC(=O)CS2. The summed E-state index contributed by atoms with van der Waals surface area (Å²) in [4.78, 5) is 23.8. The van der Waals surface area contributed by atoms with Crippen molar-refractivity contribution in [3.8, 4) is 0 Å². The third-order valence-corrected chi connectivity index (χ3v) is 3.47. The molecule has 7 heteroatoms. The maximum absolute atomic E-state index is 11.6. The molecule has 0 saturated heterocycles. The van der Waals surface area contributed by atoms with Gasteiger partial charge in [0.2, 0.25) is 11.8 Å². The molecular weight excluding hydrogens is 266 g/mol. The van der Waals surface area contributed by atoms with Crippen molar-refractivity contribution in [2.24, 2.45) is 5.73 Å². The minimum Gasteiger partial charge on any atom is -0.370 e. The second-order valence-corrected chi connectivity index (χ2v) is 4.95. The van der Waals surface area contributed by atoms with Gasteiger partial charge in [0.1, 0.15) is 6.61 Å². The van der Waals surface area contributed by atoms with Crippen molar-refractivity contribution >= 4 is 35.0 Å². The number of rotatable bonds is 5. The molecule has 1 aromatic rings. The molecule has 19 heavy (non-hydrogen) atoms. The van der Waals surface area contributed by atoms with Crippen LogP contribution in [0.4, 0.5) is 11.4 Å². The van der Waals surface area contributed by atoms with Crippen molar-refractivity contribution < 1.29 is 14.3 Å². The van der Waals surface area contributed by atoms with Gasteiger partial charge in [-0.1, -0.05) is 0 Å². The fourth-order valence-electron chi connectivity index (χ4n) is 1.61. The number of nitrogens with two attached hydrogens (primary N) is 1. The van der Waals surface area contributed by atoms with Gasteiger partial charge in [0.05, 0.1) is 18.0 Å². The Hall–Kier alpha value is -1.57. The Labute approximate surface area is 115 Å². The highest BCUT2D eigenvalue weighted by Crippen LogP contribution is 2.33. The largest absolute Gasteiger partial charge is 0.370 e. The Bertz CT molecular complexity index is 493. The molecule has 0 saturated carbocycles. The highest BCUT2D eigenvalue weighted by molar-refractivity contribution is 8.00. The zero-order chi connectivity index (χ0) is 13.7. The van der Waals surface area contributed by atoms with Crippen LogP contribution in [-0.4, -0.2) is 37.3 Å². The standard InChI is InChI=1S/C12H15N3O3S/c13-3-4-18-6-11(16)14-8-1-2-10-9(5-8)15-12(17)7-19-10/h1-2,5H,3-4,6-7,13H2,(H,14,16)(H,15,17). The van der Waals surface area contributed by atoms with E-state index in [0.29, 0.717) is 24.6 Å². The Kier molecular flexibility index (Phi) is 4.78. The molecule has 2 rings (SSSR count). The van der Waals surface area contributed by atoms with Crippen LogP contribution in [0.3, 0.4) is 0 Å². The average Bonchev–Trinajstić information content (AvgIpc) is 2.38. The summed E-state index contributed by atoms with van der Waals surface area (Å²) in [5.41, 5.74) is 6.61. The van der Waals surface area contributed by atoms with Gasteiger partial charge in [-0.15, -0.1) is 11.8 Å². The maximum atomic E-state index is 11.6. The molecule has 0 radical (unpaired) electrons. The van der Waals surface area contributed by atoms with E-state index >= 15 is 0 Å². The van der Waals surface area contributed by atoms with Crippen LogP contribution in [0, 0.1) is 0 Å². The van der Waals surface area contributed by atoms with Crippen LogP contribution in [0.1, 0.15) is 0 Å². The van der Waals surface area contributed by atoms with E-state index in [-0.39, 0.29) is 18.4 Å². The van der Waals surface area contributed by atoms with Gasteiger partial charge in [0.25, 0.3) is 0 Å². The summed E-state index contributed by atoms with van der Waals surface area (Å²) >= 11 is 1.48. The lowest BCUT2D eigenvalue weighted by atomic mass is 10.2. The van der Waals surface area contributed by atoms with E-state index < -0.39 is 0 Å². The predicted molar refractivity (Wildman–Crippen MR) is 74.3 cm³/mol. The number of anilines is 2. The number of hydrogen-bond donors (Lipinski definition) is 3. The first kappa shape index (κ1) is 13.9. The van der Waals surface area contributed by atoms with E-state index in [1.54, 1.807) is 12.1 Å². The molecule has 1 aliphatic heterocycles. The van der Waals surface area contributed by atoms with Crippen molar-refractivity contribution in [1.82, 2.24) is 0 Å². The van der Waals surface area contributed by atoms with Crippen molar-refractivity contribution in [1.29, 1.82) is 0 Å². The Morgan fingerprint density at radius 1 is 1.53 bits per heavy atom. The molecule has 102 valence electrons. The van der Waals surface area contributed by atoms with Crippen LogP contribution < -0.4 is 16.4 Å². The number of fused-ring (bicyclic) bond motifs is 1. The molecule has 0 fully saturated rings. The number of amides is 2. The first-order valence-corrected chi connectivity index (χ1v) is 6.82. The van der Waals surface area contributed by atoms with Crippen LogP contribution in [-0.2, 0) is 14.3 Å². The fourth-order valence-corrected chi connectivity index (χ4v) is 2.39. The zero-order valence-corrected chi connectivity index (χ0v) is 11.1. The number of ether oxygens (including phenoxy) is 1. The Morgan fingerprint density at radius 2 is 2.37 bits per heavy atom. The van der Waals surface area contributed by atoms with E-state index in [0.717, 1.165) is 10.6 Å². The summed E-state index contributed by atoms with van der Waals surface area (Å²) in [6.07, 6.45) is 0. The lowest BCUT2D eigenvalue weighted by Gasteiger charge is -2.17. The molecule has 1 aromatic carbocycles. The summed E-state index contributed by atoms with van der Waals surface area (Å²) in [5, 5.41) is 5.47.